The molecule has 1 aromatic rings. The van der Waals surface area contributed by atoms with Gasteiger partial charge in [0, 0.05) is 11.6 Å². The van der Waals surface area contributed by atoms with E-state index in [1.165, 1.54) is 0 Å². The van der Waals surface area contributed by atoms with Crippen molar-refractivity contribution in [1.29, 1.82) is 0 Å². The summed E-state index contributed by atoms with van der Waals surface area (Å²) < 4.78 is 35.4. The van der Waals surface area contributed by atoms with Crippen molar-refractivity contribution >= 4 is 17.3 Å². The Morgan fingerprint density at radius 1 is 1.14 bits per heavy atom. The van der Waals surface area contributed by atoms with Crippen LogP contribution in [0, 0.1) is 0 Å². The SMILES string of the molecule is FC(F)(F)CNc1ccc(CCl)cc1. The molecule has 1 nitrogen and oxygen atoms in total. The first-order valence-electron chi connectivity index (χ1n) is 3.97. The molecule has 0 spiro atoms. The number of rotatable bonds is 3. The predicted octanol–water partition coefficient (Wildman–Crippen LogP) is 3.40. The Labute approximate surface area is 84.9 Å². The fourth-order valence-electron chi connectivity index (χ4n) is 0.914. The minimum Gasteiger partial charge on any atom is -0.376 e. The number of alkyl halides is 4. The van der Waals surface area contributed by atoms with Gasteiger partial charge in [-0.3, -0.25) is 0 Å². The zero-order chi connectivity index (χ0) is 10.6. The van der Waals surface area contributed by atoms with Gasteiger partial charge in [0.05, 0.1) is 0 Å². The Bertz CT molecular complexity index is 281. The molecule has 0 saturated carbocycles. The molecular formula is C9H9ClF3N. The van der Waals surface area contributed by atoms with Crippen LogP contribution in [0.4, 0.5) is 18.9 Å². The molecule has 1 rings (SSSR count). The van der Waals surface area contributed by atoms with E-state index >= 15 is 0 Å². The van der Waals surface area contributed by atoms with Gasteiger partial charge in [-0.15, -0.1) is 11.6 Å². The highest BCUT2D eigenvalue weighted by Gasteiger charge is 2.26. The second kappa shape index (κ2) is 4.55. The first kappa shape index (κ1) is 11.2. The van der Waals surface area contributed by atoms with Crippen molar-refractivity contribution in [3.63, 3.8) is 0 Å². The summed E-state index contributed by atoms with van der Waals surface area (Å²) in [5.74, 6) is 0.361. The Morgan fingerprint density at radius 2 is 1.71 bits per heavy atom. The van der Waals surface area contributed by atoms with Gasteiger partial charge >= 0.3 is 6.18 Å². The van der Waals surface area contributed by atoms with Crippen LogP contribution in [0.15, 0.2) is 24.3 Å². The van der Waals surface area contributed by atoms with E-state index in [9.17, 15) is 13.2 Å². The minimum atomic E-state index is -4.19. The molecule has 0 radical (unpaired) electrons. The molecule has 0 bridgehead atoms. The van der Waals surface area contributed by atoms with Gasteiger partial charge in [-0.05, 0) is 17.7 Å². The molecule has 0 aliphatic heterocycles. The standard InChI is InChI=1S/C9H9ClF3N/c10-5-7-1-3-8(4-2-7)14-6-9(11,12)13/h1-4,14H,5-6H2. The summed E-state index contributed by atoms with van der Waals surface area (Å²) in [6.45, 7) is -1.02. The maximum atomic E-state index is 11.8. The molecule has 0 amide bonds. The van der Waals surface area contributed by atoms with Crippen LogP contribution in [0.1, 0.15) is 5.56 Å². The van der Waals surface area contributed by atoms with Crippen molar-refractivity contribution in [2.24, 2.45) is 0 Å². The zero-order valence-electron chi connectivity index (χ0n) is 7.24. The monoisotopic (exact) mass is 223 g/mol. The van der Waals surface area contributed by atoms with E-state index in [4.69, 9.17) is 11.6 Å². The van der Waals surface area contributed by atoms with E-state index in [2.05, 4.69) is 5.32 Å². The third-order valence-corrected chi connectivity index (χ3v) is 1.91. The van der Waals surface area contributed by atoms with Crippen molar-refractivity contribution in [3.05, 3.63) is 29.8 Å². The fraction of sp³-hybridized carbons (Fsp3) is 0.333. The second-order valence-corrected chi connectivity index (χ2v) is 3.07. The van der Waals surface area contributed by atoms with E-state index in [0.717, 1.165) is 5.56 Å². The Balaban J connectivity index is 2.52. The summed E-state index contributed by atoms with van der Waals surface area (Å²) in [6, 6.07) is 6.52. The van der Waals surface area contributed by atoms with Crippen molar-refractivity contribution in [1.82, 2.24) is 0 Å². The molecular weight excluding hydrogens is 215 g/mol. The lowest BCUT2D eigenvalue weighted by molar-refractivity contribution is -0.115. The average molecular weight is 224 g/mol. The summed E-state index contributed by atoms with van der Waals surface area (Å²) >= 11 is 5.53. The van der Waals surface area contributed by atoms with Crippen molar-refractivity contribution < 1.29 is 13.2 Å². The number of anilines is 1. The number of hydrogen-bond donors (Lipinski definition) is 1. The Hall–Kier alpha value is -0.900. The molecule has 1 N–H and O–H groups in total. The van der Waals surface area contributed by atoms with Gasteiger partial charge in [0.15, 0.2) is 0 Å². The molecule has 0 atom stereocenters. The normalized spacial score (nSPS) is 11.4. The Morgan fingerprint density at radius 3 is 2.14 bits per heavy atom. The van der Waals surface area contributed by atoms with E-state index < -0.39 is 12.7 Å². The maximum Gasteiger partial charge on any atom is 0.405 e. The minimum absolute atomic E-state index is 0.361. The largest absolute Gasteiger partial charge is 0.405 e. The summed E-state index contributed by atoms with van der Waals surface area (Å²) in [5.41, 5.74) is 1.32. The molecule has 14 heavy (non-hydrogen) atoms. The molecule has 0 aliphatic rings. The number of halogens is 4. The summed E-state index contributed by atoms with van der Waals surface area (Å²) in [5, 5.41) is 2.27. The van der Waals surface area contributed by atoms with Gasteiger partial charge in [-0.1, -0.05) is 12.1 Å². The van der Waals surface area contributed by atoms with Crippen molar-refractivity contribution in [3.8, 4) is 0 Å². The van der Waals surface area contributed by atoms with Crippen LogP contribution >= 0.6 is 11.6 Å². The van der Waals surface area contributed by atoms with Gasteiger partial charge in [0.1, 0.15) is 6.54 Å². The van der Waals surface area contributed by atoms with E-state index in [-0.39, 0.29) is 0 Å². The average Bonchev–Trinajstić information content (AvgIpc) is 2.14. The van der Waals surface area contributed by atoms with Gasteiger partial charge in [0.2, 0.25) is 0 Å². The summed E-state index contributed by atoms with van der Waals surface area (Å²) in [4.78, 5) is 0. The molecule has 0 aromatic heterocycles. The topological polar surface area (TPSA) is 12.0 Å². The third-order valence-electron chi connectivity index (χ3n) is 1.60. The van der Waals surface area contributed by atoms with Crippen LogP contribution in [0.2, 0.25) is 0 Å². The summed E-state index contributed by atoms with van der Waals surface area (Å²) in [7, 11) is 0. The van der Waals surface area contributed by atoms with Crippen LogP contribution in [0.25, 0.3) is 0 Å². The Kier molecular flexibility index (Phi) is 3.63. The lowest BCUT2D eigenvalue weighted by Gasteiger charge is -2.09. The molecule has 0 unspecified atom stereocenters. The van der Waals surface area contributed by atoms with Crippen LogP contribution in [0.5, 0.6) is 0 Å². The van der Waals surface area contributed by atoms with Gasteiger partial charge in [0.25, 0.3) is 0 Å². The molecule has 5 heteroatoms. The smallest absolute Gasteiger partial charge is 0.376 e. The predicted molar refractivity (Wildman–Crippen MR) is 50.5 cm³/mol. The van der Waals surface area contributed by atoms with E-state index in [1.54, 1.807) is 24.3 Å². The van der Waals surface area contributed by atoms with E-state index in [0.29, 0.717) is 11.6 Å². The highest BCUT2D eigenvalue weighted by Crippen LogP contribution is 2.17. The molecule has 0 heterocycles. The second-order valence-electron chi connectivity index (χ2n) is 2.80. The molecule has 0 aliphatic carbocycles. The highest BCUT2D eigenvalue weighted by atomic mass is 35.5. The van der Waals surface area contributed by atoms with Crippen LogP contribution in [-0.2, 0) is 5.88 Å². The lowest BCUT2D eigenvalue weighted by Crippen LogP contribution is -2.21. The summed E-state index contributed by atoms with van der Waals surface area (Å²) in [6.07, 6.45) is -4.19. The van der Waals surface area contributed by atoms with E-state index in [1.807, 2.05) is 0 Å². The molecule has 78 valence electrons. The number of nitrogens with one attached hydrogen (secondary N) is 1. The molecule has 1 aromatic carbocycles. The van der Waals surface area contributed by atoms with Gasteiger partial charge < -0.3 is 5.32 Å². The molecule has 0 fully saturated rings. The van der Waals surface area contributed by atoms with Crippen LogP contribution in [0.3, 0.4) is 0 Å². The quantitative estimate of drug-likeness (QED) is 0.775. The van der Waals surface area contributed by atoms with Crippen LogP contribution < -0.4 is 5.32 Å². The lowest BCUT2D eigenvalue weighted by atomic mass is 10.2. The fourth-order valence-corrected chi connectivity index (χ4v) is 1.09. The van der Waals surface area contributed by atoms with Gasteiger partial charge in [-0.2, -0.15) is 13.2 Å². The third kappa shape index (κ3) is 3.87. The van der Waals surface area contributed by atoms with Crippen LogP contribution in [-0.4, -0.2) is 12.7 Å². The number of benzene rings is 1. The maximum absolute atomic E-state index is 11.8. The van der Waals surface area contributed by atoms with Crippen molar-refractivity contribution in [2.75, 3.05) is 11.9 Å². The van der Waals surface area contributed by atoms with Crippen molar-refractivity contribution in [2.45, 2.75) is 12.1 Å². The first-order valence-corrected chi connectivity index (χ1v) is 4.50. The number of hydrogen-bond acceptors (Lipinski definition) is 1. The van der Waals surface area contributed by atoms with Gasteiger partial charge in [-0.25, -0.2) is 0 Å². The zero-order valence-corrected chi connectivity index (χ0v) is 7.99. The highest BCUT2D eigenvalue weighted by molar-refractivity contribution is 6.17. The molecule has 0 saturated heterocycles. The first-order chi connectivity index (χ1) is 6.51.